The van der Waals surface area contributed by atoms with Gasteiger partial charge in [-0.05, 0) is 25.1 Å². The van der Waals surface area contributed by atoms with Gasteiger partial charge in [0.25, 0.3) is 0 Å². The van der Waals surface area contributed by atoms with E-state index in [2.05, 4.69) is 19.2 Å². The van der Waals surface area contributed by atoms with Gasteiger partial charge in [-0.25, -0.2) is 4.39 Å². The van der Waals surface area contributed by atoms with Gasteiger partial charge in [0, 0.05) is 16.6 Å². The van der Waals surface area contributed by atoms with Crippen LogP contribution in [0.4, 0.5) is 4.39 Å². The second kappa shape index (κ2) is 11.0. The summed E-state index contributed by atoms with van der Waals surface area (Å²) >= 11 is 5.83. The first-order valence-corrected chi connectivity index (χ1v) is 8.75. The molecule has 0 aromatic heterocycles. The zero-order chi connectivity index (χ0) is 15.5. The van der Waals surface area contributed by atoms with Gasteiger partial charge in [0.15, 0.2) is 0 Å². The molecule has 120 valence electrons. The summed E-state index contributed by atoms with van der Waals surface area (Å²) in [6.07, 6.45) is 9.97. The highest BCUT2D eigenvalue weighted by Crippen LogP contribution is 2.25. The Balaban J connectivity index is 2.39. The summed E-state index contributed by atoms with van der Waals surface area (Å²) in [6, 6.07) is 5.09. The van der Waals surface area contributed by atoms with Crippen LogP contribution in [0.2, 0.25) is 5.02 Å². The SMILES string of the molecule is CCCCCCCCCC(NCC)c1ccc(Cl)cc1F. The molecule has 0 fully saturated rings. The molecule has 0 saturated carbocycles. The molecule has 1 unspecified atom stereocenters. The molecule has 0 heterocycles. The van der Waals surface area contributed by atoms with E-state index < -0.39 is 0 Å². The third kappa shape index (κ3) is 7.28. The van der Waals surface area contributed by atoms with Crippen LogP contribution in [0.5, 0.6) is 0 Å². The monoisotopic (exact) mass is 313 g/mol. The molecule has 1 nitrogen and oxygen atoms in total. The van der Waals surface area contributed by atoms with E-state index in [4.69, 9.17) is 11.6 Å². The van der Waals surface area contributed by atoms with E-state index in [-0.39, 0.29) is 11.9 Å². The van der Waals surface area contributed by atoms with Crippen LogP contribution >= 0.6 is 11.6 Å². The first-order chi connectivity index (χ1) is 10.2. The van der Waals surface area contributed by atoms with Gasteiger partial charge < -0.3 is 5.32 Å². The molecule has 0 amide bonds. The fourth-order valence-electron chi connectivity index (χ4n) is 2.70. The minimum Gasteiger partial charge on any atom is -0.310 e. The molecule has 0 saturated heterocycles. The summed E-state index contributed by atoms with van der Waals surface area (Å²) in [6.45, 7) is 5.15. The van der Waals surface area contributed by atoms with Crippen molar-refractivity contribution in [3.05, 3.63) is 34.6 Å². The van der Waals surface area contributed by atoms with Crippen molar-refractivity contribution >= 4 is 11.6 Å². The van der Waals surface area contributed by atoms with Gasteiger partial charge in [0.1, 0.15) is 5.82 Å². The summed E-state index contributed by atoms with van der Waals surface area (Å²) in [5.74, 6) is -0.198. The fraction of sp³-hybridized carbons (Fsp3) is 0.667. The highest BCUT2D eigenvalue weighted by Gasteiger charge is 2.14. The largest absolute Gasteiger partial charge is 0.310 e. The Labute approximate surface area is 134 Å². The van der Waals surface area contributed by atoms with Gasteiger partial charge in [-0.2, -0.15) is 0 Å². The average molecular weight is 314 g/mol. The molecule has 1 aromatic rings. The van der Waals surface area contributed by atoms with E-state index in [0.717, 1.165) is 24.9 Å². The zero-order valence-corrected chi connectivity index (χ0v) is 14.2. The molecular weight excluding hydrogens is 285 g/mol. The van der Waals surface area contributed by atoms with Crippen molar-refractivity contribution < 1.29 is 4.39 Å². The molecule has 1 atom stereocenters. The second-order valence-corrected chi connectivity index (χ2v) is 6.12. The Morgan fingerprint density at radius 1 is 1.05 bits per heavy atom. The fourth-order valence-corrected chi connectivity index (χ4v) is 2.86. The van der Waals surface area contributed by atoms with Crippen LogP contribution in [-0.2, 0) is 0 Å². The highest BCUT2D eigenvalue weighted by atomic mass is 35.5. The number of unbranched alkanes of at least 4 members (excludes halogenated alkanes) is 6. The predicted octanol–water partition coefficient (Wildman–Crippen LogP) is 6.27. The number of rotatable bonds is 11. The first-order valence-electron chi connectivity index (χ1n) is 8.37. The Bertz CT molecular complexity index is 395. The van der Waals surface area contributed by atoms with Crippen LogP contribution in [-0.4, -0.2) is 6.54 Å². The molecule has 3 heteroatoms. The van der Waals surface area contributed by atoms with E-state index >= 15 is 0 Å². The number of benzene rings is 1. The van der Waals surface area contributed by atoms with Gasteiger partial charge in [-0.1, -0.05) is 76.5 Å². The number of hydrogen-bond donors (Lipinski definition) is 1. The van der Waals surface area contributed by atoms with Gasteiger partial charge >= 0.3 is 0 Å². The zero-order valence-electron chi connectivity index (χ0n) is 13.4. The van der Waals surface area contributed by atoms with E-state index in [1.54, 1.807) is 6.07 Å². The van der Waals surface area contributed by atoms with Gasteiger partial charge in [-0.15, -0.1) is 0 Å². The number of halogens is 2. The standard InChI is InChI=1S/C18H29ClFN/c1-3-5-6-7-8-9-10-11-18(21-4-2)16-13-12-15(19)14-17(16)20/h12-14,18,21H,3-11H2,1-2H3. The molecule has 0 radical (unpaired) electrons. The smallest absolute Gasteiger partial charge is 0.129 e. The lowest BCUT2D eigenvalue weighted by molar-refractivity contribution is 0.457. The lowest BCUT2D eigenvalue weighted by atomic mass is 9.99. The second-order valence-electron chi connectivity index (χ2n) is 5.69. The average Bonchev–Trinajstić information content (AvgIpc) is 2.45. The van der Waals surface area contributed by atoms with Gasteiger partial charge in [0.2, 0.25) is 0 Å². The Morgan fingerprint density at radius 3 is 2.33 bits per heavy atom. The maximum Gasteiger partial charge on any atom is 0.129 e. The Kier molecular flexibility index (Phi) is 9.69. The van der Waals surface area contributed by atoms with Crippen molar-refractivity contribution in [2.45, 2.75) is 71.3 Å². The third-order valence-corrected chi connectivity index (χ3v) is 4.12. The van der Waals surface area contributed by atoms with Gasteiger partial charge in [0.05, 0.1) is 0 Å². The summed E-state index contributed by atoms with van der Waals surface area (Å²) < 4.78 is 14.0. The molecule has 0 aliphatic heterocycles. The van der Waals surface area contributed by atoms with E-state index in [1.165, 1.54) is 44.6 Å². The molecule has 0 aliphatic rings. The molecule has 0 aliphatic carbocycles. The van der Waals surface area contributed by atoms with Crippen molar-refractivity contribution in [1.29, 1.82) is 0 Å². The molecule has 1 aromatic carbocycles. The molecular formula is C18H29ClFN. The maximum absolute atomic E-state index is 14.0. The first kappa shape index (κ1) is 18.4. The van der Waals surface area contributed by atoms with E-state index in [0.29, 0.717) is 5.02 Å². The molecule has 1 N–H and O–H groups in total. The molecule has 1 rings (SSSR count). The van der Waals surface area contributed by atoms with E-state index in [9.17, 15) is 4.39 Å². The lowest BCUT2D eigenvalue weighted by Gasteiger charge is -2.19. The molecule has 0 spiro atoms. The quantitative estimate of drug-likeness (QED) is 0.475. The minimum absolute atomic E-state index is 0.0999. The summed E-state index contributed by atoms with van der Waals surface area (Å²) in [7, 11) is 0. The highest BCUT2D eigenvalue weighted by molar-refractivity contribution is 6.30. The van der Waals surface area contributed by atoms with Gasteiger partial charge in [-0.3, -0.25) is 0 Å². The predicted molar refractivity (Wildman–Crippen MR) is 90.4 cm³/mol. The summed E-state index contributed by atoms with van der Waals surface area (Å²) in [5, 5.41) is 3.85. The van der Waals surface area contributed by atoms with Crippen LogP contribution in [0, 0.1) is 5.82 Å². The maximum atomic E-state index is 14.0. The van der Waals surface area contributed by atoms with E-state index in [1.807, 2.05) is 6.07 Å². The minimum atomic E-state index is -0.198. The molecule has 21 heavy (non-hydrogen) atoms. The Hall–Kier alpha value is -0.600. The number of hydrogen-bond acceptors (Lipinski definition) is 1. The van der Waals surface area contributed by atoms with Crippen LogP contribution < -0.4 is 5.32 Å². The van der Waals surface area contributed by atoms with Crippen LogP contribution in [0.3, 0.4) is 0 Å². The van der Waals surface area contributed by atoms with Crippen LogP contribution in [0.1, 0.15) is 76.8 Å². The van der Waals surface area contributed by atoms with Crippen LogP contribution in [0.25, 0.3) is 0 Å². The third-order valence-electron chi connectivity index (χ3n) is 3.88. The molecule has 0 bridgehead atoms. The topological polar surface area (TPSA) is 12.0 Å². The lowest BCUT2D eigenvalue weighted by Crippen LogP contribution is -2.21. The van der Waals surface area contributed by atoms with Crippen molar-refractivity contribution in [1.82, 2.24) is 5.32 Å². The van der Waals surface area contributed by atoms with Crippen molar-refractivity contribution in [3.63, 3.8) is 0 Å². The van der Waals surface area contributed by atoms with Crippen molar-refractivity contribution in [3.8, 4) is 0 Å². The number of nitrogens with one attached hydrogen (secondary N) is 1. The van der Waals surface area contributed by atoms with Crippen LogP contribution in [0.15, 0.2) is 18.2 Å². The van der Waals surface area contributed by atoms with Crippen molar-refractivity contribution in [2.75, 3.05) is 6.54 Å². The Morgan fingerprint density at radius 2 is 1.71 bits per heavy atom. The summed E-state index contributed by atoms with van der Waals surface area (Å²) in [5.41, 5.74) is 0.743. The summed E-state index contributed by atoms with van der Waals surface area (Å²) in [4.78, 5) is 0. The normalized spacial score (nSPS) is 12.6. The van der Waals surface area contributed by atoms with Crippen molar-refractivity contribution in [2.24, 2.45) is 0 Å².